The average Bonchev–Trinajstić information content (AvgIpc) is 2.84. The van der Waals surface area contributed by atoms with Crippen molar-refractivity contribution in [2.45, 2.75) is 26.4 Å². The maximum absolute atomic E-state index is 12.3. The summed E-state index contributed by atoms with van der Waals surface area (Å²) in [6, 6.07) is 19.7. The first-order valence-electron chi connectivity index (χ1n) is 11.3. The number of hydrogen-bond donors (Lipinski definition) is 2. The maximum atomic E-state index is 12.3. The number of carboxylic acid groups (broad SMARTS) is 1. The molecule has 0 aliphatic carbocycles. The quantitative estimate of drug-likeness (QED) is 0.264. The molecule has 1 radical (unpaired) electrons. The van der Waals surface area contributed by atoms with Gasteiger partial charge in [-0.15, -0.1) is 0 Å². The summed E-state index contributed by atoms with van der Waals surface area (Å²) in [7, 11) is 0. The fraction of sp³-hybridized carbons (Fsp3) is 0.138. The minimum absolute atomic E-state index is 0.153. The Hall–Kier alpha value is -4.27. The fourth-order valence-electron chi connectivity index (χ4n) is 3.55. The van der Waals surface area contributed by atoms with Gasteiger partial charge in [0, 0.05) is 0 Å². The molecule has 0 saturated heterocycles. The second kappa shape index (κ2) is 10.8. The monoisotopic (exact) mass is 555 g/mol. The molecule has 0 saturated carbocycles. The number of hydrogen-bond acceptors (Lipinski definition) is 5. The summed E-state index contributed by atoms with van der Waals surface area (Å²) in [5.74, 6) is 2.68. The number of carbonyl (C=O) groups excluding carboxylic acids is 1. The van der Waals surface area contributed by atoms with E-state index in [0.29, 0.717) is 22.7 Å². The van der Waals surface area contributed by atoms with Crippen LogP contribution in [0.25, 0.3) is 10.8 Å². The number of carbonyl (C=O) groups is 2. The van der Waals surface area contributed by atoms with Crippen molar-refractivity contribution in [3.05, 3.63) is 84.1 Å². The van der Waals surface area contributed by atoms with Gasteiger partial charge >= 0.3 is 201 Å². The Morgan fingerprint density at radius 3 is 2.49 bits per heavy atom. The SMILES string of the molecule is C#Cc1cc([As]c2cc(Oc3ccc(NC(=O)OC(C)(C)C)c4ccccc34)ccn2)cc(C(=O)O)c1. The summed E-state index contributed by atoms with van der Waals surface area (Å²) in [5, 5.41) is 13.8. The van der Waals surface area contributed by atoms with Crippen LogP contribution in [0.5, 0.6) is 11.5 Å². The Labute approximate surface area is 221 Å². The van der Waals surface area contributed by atoms with Crippen LogP contribution < -0.4 is 18.9 Å². The molecule has 7 nitrogen and oxygen atoms in total. The van der Waals surface area contributed by atoms with Gasteiger partial charge in [0.25, 0.3) is 0 Å². The minimum atomic E-state index is -1.03. The third-order valence-corrected chi connectivity index (χ3v) is 7.12. The second-order valence-electron chi connectivity index (χ2n) is 9.07. The van der Waals surface area contributed by atoms with Crippen LogP contribution in [0, 0.1) is 12.3 Å². The van der Waals surface area contributed by atoms with E-state index in [1.165, 1.54) is 6.07 Å². The molecule has 0 spiro atoms. The number of carboxylic acids is 1. The summed E-state index contributed by atoms with van der Waals surface area (Å²) in [5.41, 5.74) is 0.672. The van der Waals surface area contributed by atoms with Gasteiger partial charge in [-0.25, -0.2) is 0 Å². The molecule has 1 amide bonds. The molecule has 185 valence electrons. The molecule has 1 aromatic heterocycles. The second-order valence-corrected chi connectivity index (χ2v) is 11.6. The first kappa shape index (κ1) is 25.8. The van der Waals surface area contributed by atoms with E-state index < -0.39 is 33.4 Å². The fourth-order valence-corrected chi connectivity index (χ4v) is 5.62. The molecule has 2 N–H and O–H groups in total. The van der Waals surface area contributed by atoms with Crippen LogP contribution in [-0.4, -0.2) is 43.5 Å². The number of anilines is 1. The summed E-state index contributed by atoms with van der Waals surface area (Å²) >= 11 is -0.629. The van der Waals surface area contributed by atoms with Gasteiger partial charge in [-0.3, -0.25) is 0 Å². The predicted molar refractivity (Wildman–Crippen MR) is 144 cm³/mol. The number of benzene rings is 3. The van der Waals surface area contributed by atoms with E-state index in [9.17, 15) is 14.7 Å². The zero-order valence-corrected chi connectivity index (χ0v) is 22.4. The van der Waals surface area contributed by atoms with E-state index in [1.807, 2.05) is 57.2 Å². The van der Waals surface area contributed by atoms with Crippen LogP contribution in [0.15, 0.2) is 72.9 Å². The van der Waals surface area contributed by atoms with Gasteiger partial charge in [-0.05, 0) is 20.8 Å². The average molecular weight is 555 g/mol. The number of nitrogens with zero attached hydrogens (tertiary/aromatic N) is 1. The number of ether oxygens (including phenoxy) is 2. The number of amides is 1. The van der Waals surface area contributed by atoms with E-state index in [0.717, 1.165) is 19.6 Å². The van der Waals surface area contributed by atoms with Crippen LogP contribution >= 0.6 is 0 Å². The van der Waals surface area contributed by atoms with Crippen molar-refractivity contribution in [2.75, 3.05) is 5.32 Å². The molecule has 37 heavy (non-hydrogen) atoms. The molecular formula is C29H24AsN2O5. The summed E-state index contributed by atoms with van der Waals surface area (Å²) in [6.07, 6.45) is 6.63. The molecule has 0 bridgehead atoms. The van der Waals surface area contributed by atoms with E-state index in [2.05, 4.69) is 16.2 Å². The van der Waals surface area contributed by atoms with Gasteiger partial charge in [0.15, 0.2) is 0 Å². The van der Waals surface area contributed by atoms with Crippen molar-refractivity contribution in [1.82, 2.24) is 4.98 Å². The van der Waals surface area contributed by atoms with E-state index in [-0.39, 0.29) is 5.56 Å². The van der Waals surface area contributed by atoms with E-state index >= 15 is 0 Å². The van der Waals surface area contributed by atoms with Gasteiger partial charge in [-0.1, -0.05) is 0 Å². The number of pyridine rings is 1. The first-order chi connectivity index (χ1) is 17.6. The number of nitrogens with one attached hydrogen (secondary N) is 1. The molecule has 4 aromatic rings. The standard InChI is InChI=1S/C29H24AsN2O5/c1-5-18-14-19(27(33)34)16-20(15-18)30-26-17-21(12-13-31-26)36-25-11-10-24(22-8-6-7-9-23(22)25)32-28(35)37-29(2,3)4/h1,6-17H,2-4H3,(H,32,35)(H,33,34). The van der Waals surface area contributed by atoms with Crippen molar-refractivity contribution >= 4 is 53.1 Å². The number of rotatable bonds is 6. The number of aromatic carboxylic acids is 1. The van der Waals surface area contributed by atoms with Crippen LogP contribution in [0.4, 0.5) is 10.5 Å². The summed E-state index contributed by atoms with van der Waals surface area (Å²) in [6.45, 7) is 5.43. The number of fused-ring (bicyclic) bond motifs is 1. The van der Waals surface area contributed by atoms with E-state index in [4.69, 9.17) is 15.9 Å². The van der Waals surface area contributed by atoms with Crippen molar-refractivity contribution in [1.29, 1.82) is 0 Å². The molecule has 0 unspecified atom stereocenters. The van der Waals surface area contributed by atoms with Gasteiger partial charge in [0.05, 0.1) is 0 Å². The third-order valence-electron chi connectivity index (χ3n) is 5.04. The molecule has 0 fully saturated rings. The molecule has 4 rings (SSSR count). The first-order valence-corrected chi connectivity index (χ1v) is 13.2. The van der Waals surface area contributed by atoms with Gasteiger partial charge < -0.3 is 0 Å². The Balaban J connectivity index is 1.59. The normalized spacial score (nSPS) is 11.3. The van der Waals surface area contributed by atoms with Gasteiger partial charge in [0.1, 0.15) is 0 Å². The van der Waals surface area contributed by atoms with Crippen molar-refractivity contribution < 1.29 is 24.2 Å². The Kier molecular flexibility index (Phi) is 7.52. The van der Waals surface area contributed by atoms with Gasteiger partial charge in [0.2, 0.25) is 0 Å². The molecule has 8 heteroatoms. The Morgan fingerprint density at radius 1 is 1.03 bits per heavy atom. The Morgan fingerprint density at radius 2 is 1.78 bits per heavy atom. The van der Waals surface area contributed by atoms with E-state index in [1.54, 1.807) is 30.5 Å². The van der Waals surface area contributed by atoms with Crippen LogP contribution in [-0.2, 0) is 4.74 Å². The van der Waals surface area contributed by atoms with Crippen molar-refractivity contribution in [3.8, 4) is 23.8 Å². The molecule has 0 atom stereocenters. The molecule has 1 heterocycles. The molecular weight excluding hydrogens is 531 g/mol. The van der Waals surface area contributed by atoms with Crippen molar-refractivity contribution in [3.63, 3.8) is 0 Å². The van der Waals surface area contributed by atoms with Crippen molar-refractivity contribution in [2.24, 2.45) is 0 Å². The molecule has 0 aliphatic heterocycles. The molecule has 3 aromatic carbocycles. The van der Waals surface area contributed by atoms with Gasteiger partial charge in [-0.2, -0.15) is 0 Å². The molecule has 0 aliphatic rings. The topological polar surface area (TPSA) is 97.8 Å². The number of aromatic nitrogens is 1. The Bertz CT molecular complexity index is 1540. The summed E-state index contributed by atoms with van der Waals surface area (Å²) < 4.78 is 13.2. The zero-order chi connectivity index (χ0) is 26.6. The zero-order valence-electron chi connectivity index (χ0n) is 20.5. The number of terminal acetylenes is 1. The van der Waals surface area contributed by atoms with Crippen LogP contribution in [0.1, 0.15) is 36.7 Å². The predicted octanol–water partition coefficient (Wildman–Crippen LogP) is 4.71. The van der Waals surface area contributed by atoms with Crippen LogP contribution in [0.2, 0.25) is 0 Å². The van der Waals surface area contributed by atoms with Crippen LogP contribution in [0.3, 0.4) is 0 Å². The third kappa shape index (κ3) is 6.69. The summed E-state index contributed by atoms with van der Waals surface area (Å²) in [4.78, 5) is 28.2.